The minimum Gasteiger partial charge on any atom is -0.496 e. The lowest BCUT2D eigenvalue weighted by Gasteiger charge is -2.15. The van der Waals surface area contributed by atoms with E-state index in [0.29, 0.717) is 11.5 Å². The zero-order valence-corrected chi connectivity index (χ0v) is 13.0. The highest BCUT2D eigenvalue weighted by atomic mass is 32.2. The van der Waals surface area contributed by atoms with E-state index in [1.165, 1.54) is 11.8 Å². The van der Waals surface area contributed by atoms with Crippen LogP contribution in [0, 0.1) is 0 Å². The molecule has 21 heavy (non-hydrogen) atoms. The van der Waals surface area contributed by atoms with E-state index in [0.717, 1.165) is 22.7 Å². The van der Waals surface area contributed by atoms with Gasteiger partial charge in [0.25, 0.3) is 0 Å². The summed E-state index contributed by atoms with van der Waals surface area (Å²) in [4.78, 5) is 12.6. The monoisotopic (exact) mass is 307 g/mol. The van der Waals surface area contributed by atoms with E-state index in [1.54, 1.807) is 7.11 Å². The lowest BCUT2D eigenvalue weighted by Crippen LogP contribution is -2.10. The van der Waals surface area contributed by atoms with E-state index >= 15 is 0 Å². The summed E-state index contributed by atoms with van der Waals surface area (Å²) >= 11 is 1.20. The third-order valence-corrected chi connectivity index (χ3v) is 3.93. The Kier molecular flexibility index (Phi) is 4.85. The van der Waals surface area contributed by atoms with Gasteiger partial charge in [0.2, 0.25) is 0 Å². The Morgan fingerprint density at radius 2 is 2.19 bits per heavy atom. The number of methoxy groups -OCH3 is 1. The molecule has 6 nitrogen and oxygen atoms in total. The number of nitrogens with zero attached hydrogens (tertiary/aromatic N) is 3. The van der Waals surface area contributed by atoms with Gasteiger partial charge in [-0.3, -0.25) is 4.79 Å². The summed E-state index contributed by atoms with van der Waals surface area (Å²) < 4.78 is 5.42. The number of hydrogen-bond acceptors (Lipinski definition) is 6. The second-order valence-electron chi connectivity index (χ2n) is 4.68. The van der Waals surface area contributed by atoms with Crippen molar-refractivity contribution in [1.82, 2.24) is 0 Å². The SMILES string of the molecule is COc1cc(N(C)C)ccc1C1=NN=C(SCC(=O)O)C1. The summed E-state index contributed by atoms with van der Waals surface area (Å²) in [5.74, 6) is -0.123. The molecule has 1 aromatic carbocycles. The number of carboxylic acid groups (broad SMARTS) is 1. The molecule has 0 unspecified atom stereocenters. The summed E-state index contributed by atoms with van der Waals surface area (Å²) in [5, 5.41) is 17.6. The van der Waals surface area contributed by atoms with Gasteiger partial charge in [-0.25, -0.2) is 0 Å². The molecule has 1 aliphatic heterocycles. The Morgan fingerprint density at radius 1 is 1.43 bits per heavy atom. The highest BCUT2D eigenvalue weighted by molar-refractivity contribution is 8.14. The van der Waals surface area contributed by atoms with E-state index < -0.39 is 5.97 Å². The third kappa shape index (κ3) is 3.75. The molecule has 0 bridgehead atoms. The number of benzene rings is 1. The topological polar surface area (TPSA) is 74.5 Å². The van der Waals surface area contributed by atoms with Crippen molar-refractivity contribution in [1.29, 1.82) is 0 Å². The molecule has 0 saturated carbocycles. The maximum absolute atomic E-state index is 10.6. The van der Waals surface area contributed by atoms with Gasteiger partial charge in [-0.15, -0.1) is 5.10 Å². The van der Waals surface area contributed by atoms with Crippen LogP contribution in [0.15, 0.2) is 28.4 Å². The average Bonchev–Trinajstić information content (AvgIpc) is 2.93. The zero-order chi connectivity index (χ0) is 15.4. The Bertz CT molecular complexity index is 611. The van der Waals surface area contributed by atoms with Gasteiger partial charge >= 0.3 is 5.97 Å². The summed E-state index contributed by atoms with van der Waals surface area (Å²) in [6.07, 6.45) is 0.537. The largest absolute Gasteiger partial charge is 0.496 e. The number of thioether (sulfide) groups is 1. The van der Waals surface area contributed by atoms with Crippen molar-refractivity contribution in [2.75, 3.05) is 31.9 Å². The van der Waals surface area contributed by atoms with E-state index in [4.69, 9.17) is 9.84 Å². The molecule has 0 aromatic heterocycles. The second kappa shape index (κ2) is 6.62. The summed E-state index contributed by atoms with van der Waals surface area (Å²) in [6.45, 7) is 0. The standard InChI is InChI=1S/C14H17N3O3S/c1-17(2)9-4-5-10(12(6-9)20-3)11-7-13(16-15-11)21-8-14(18)19/h4-6H,7-8H2,1-3H3,(H,18,19). The molecule has 0 aliphatic carbocycles. The number of hydrogen-bond donors (Lipinski definition) is 1. The molecule has 1 aromatic rings. The zero-order valence-electron chi connectivity index (χ0n) is 12.2. The predicted octanol–water partition coefficient (Wildman–Crippen LogP) is 2.09. The van der Waals surface area contributed by atoms with Crippen LogP contribution in [0.4, 0.5) is 5.69 Å². The van der Waals surface area contributed by atoms with E-state index in [9.17, 15) is 4.79 Å². The van der Waals surface area contributed by atoms with Gasteiger partial charge in [-0.2, -0.15) is 5.10 Å². The molecule has 0 fully saturated rings. The van der Waals surface area contributed by atoms with Crippen LogP contribution in [-0.2, 0) is 4.79 Å². The van der Waals surface area contributed by atoms with Gasteiger partial charge in [0.1, 0.15) is 10.8 Å². The second-order valence-corrected chi connectivity index (χ2v) is 5.73. The maximum atomic E-state index is 10.6. The van der Waals surface area contributed by atoms with Crippen LogP contribution in [0.3, 0.4) is 0 Å². The van der Waals surface area contributed by atoms with Gasteiger partial charge in [0, 0.05) is 37.8 Å². The van der Waals surface area contributed by atoms with Crippen LogP contribution in [0.2, 0.25) is 0 Å². The number of anilines is 1. The van der Waals surface area contributed by atoms with Crippen LogP contribution < -0.4 is 9.64 Å². The summed E-state index contributed by atoms with van der Waals surface area (Å²) in [6, 6.07) is 5.89. The minimum atomic E-state index is -0.857. The van der Waals surface area contributed by atoms with Crippen LogP contribution in [0.5, 0.6) is 5.75 Å². The molecule has 1 aliphatic rings. The highest BCUT2D eigenvalue weighted by Crippen LogP contribution is 2.28. The van der Waals surface area contributed by atoms with Crippen molar-refractivity contribution in [2.45, 2.75) is 6.42 Å². The van der Waals surface area contributed by atoms with E-state index in [2.05, 4.69) is 10.2 Å². The van der Waals surface area contributed by atoms with Crippen molar-refractivity contribution >= 4 is 34.2 Å². The van der Waals surface area contributed by atoms with Gasteiger partial charge in [0.15, 0.2) is 0 Å². The van der Waals surface area contributed by atoms with Crippen molar-refractivity contribution in [3.05, 3.63) is 23.8 Å². The molecular weight excluding hydrogens is 290 g/mol. The first kappa shape index (κ1) is 15.4. The summed E-state index contributed by atoms with van der Waals surface area (Å²) in [7, 11) is 5.55. The number of rotatable bonds is 5. The van der Waals surface area contributed by atoms with E-state index in [-0.39, 0.29) is 5.75 Å². The number of carbonyl (C=O) groups is 1. The first-order valence-corrected chi connectivity index (χ1v) is 7.33. The maximum Gasteiger partial charge on any atom is 0.313 e. The van der Waals surface area contributed by atoms with Gasteiger partial charge in [-0.1, -0.05) is 11.8 Å². The van der Waals surface area contributed by atoms with Crippen LogP contribution in [0.1, 0.15) is 12.0 Å². The third-order valence-electron chi connectivity index (χ3n) is 2.98. The number of carboxylic acids is 1. The van der Waals surface area contributed by atoms with Crippen molar-refractivity contribution in [3.63, 3.8) is 0 Å². The Labute approximate surface area is 127 Å². The molecular formula is C14H17N3O3S. The van der Waals surface area contributed by atoms with Crippen molar-refractivity contribution < 1.29 is 14.6 Å². The first-order chi connectivity index (χ1) is 10.0. The molecule has 1 N–H and O–H groups in total. The van der Waals surface area contributed by atoms with Crippen molar-refractivity contribution in [3.8, 4) is 5.75 Å². The quantitative estimate of drug-likeness (QED) is 0.901. The first-order valence-electron chi connectivity index (χ1n) is 6.35. The van der Waals surface area contributed by atoms with Crippen molar-refractivity contribution in [2.24, 2.45) is 10.2 Å². The lowest BCUT2D eigenvalue weighted by atomic mass is 10.1. The molecule has 112 valence electrons. The average molecular weight is 307 g/mol. The fraction of sp³-hybridized carbons (Fsp3) is 0.357. The van der Waals surface area contributed by atoms with Gasteiger partial charge in [-0.05, 0) is 12.1 Å². The lowest BCUT2D eigenvalue weighted by molar-refractivity contribution is -0.133. The summed E-state index contributed by atoms with van der Waals surface area (Å²) in [5.41, 5.74) is 2.72. The van der Waals surface area contributed by atoms with Crippen LogP contribution in [-0.4, -0.2) is 48.8 Å². The molecule has 7 heteroatoms. The van der Waals surface area contributed by atoms with Crippen LogP contribution >= 0.6 is 11.8 Å². The number of aliphatic carboxylic acids is 1. The molecule has 0 spiro atoms. The fourth-order valence-electron chi connectivity index (χ4n) is 1.90. The van der Waals surface area contributed by atoms with Gasteiger partial charge in [0.05, 0.1) is 18.6 Å². The predicted molar refractivity (Wildman–Crippen MR) is 86.0 cm³/mol. The van der Waals surface area contributed by atoms with Crippen LogP contribution in [0.25, 0.3) is 0 Å². The minimum absolute atomic E-state index is 0.00165. The van der Waals surface area contributed by atoms with Gasteiger partial charge < -0.3 is 14.7 Å². The highest BCUT2D eigenvalue weighted by Gasteiger charge is 2.19. The molecule has 0 atom stereocenters. The Morgan fingerprint density at radius 3 is 2.81 bits per heavy atom. The Hall–Kier alpha value is -2.02. The molecule has 1 heterocycles. The molecule has 0 radical (unpaired) electrons. The normalized spacial score (nSPS) is 13.7. The number of ether oxygens (including phenoxy) is 1. The molecule has 0 saturated heterocycles. The smallest absolute Gasteiger partial charge is 0.313 e. The molecule has 2 rings (SSSR count). The Balaban J connectivity index is 2.12. The fourth-order valence-corrected chi connectivity index (χ4v) is 2.53. The molecule has 0 amide bonds. The van der Waals surface area contributed by atoms with E-state index in [1.807, 2.05) is 37.2 Å².